The summed E-state index contributed by atoms with van der Waals surface area (Å²) in [5.74, 6) is 1.06. The number of hydrogen-bond acceptors (Lipinski definition) is 4. The molecule has 2 nitrogen and oxygen atoms in total. The lowest BCUT2D eigenvalue weighted by Crippen LogP contribution is -2.38. The summed E-state index contributed by atoms with van der Waals surface area (Å²) in [7, 11) is 0. The number of carbonyl (C=O) groups is 1. The lowest BCUT2D eigenvalue weighted by atomic mass is 9.70. The Hall–Kier alpha value is -0.870. The van der Waals surface area contributed by atoms with Crippen LogP contribution in [0.25, 0.3) is 0 Å². The van der Waals surface area contributed by atoms with Gasteiger partial charge in [-0.3, -0.25) is 4.79 Å². The molecule has 2 atom stereocenters. The first kappa shape index (κ1) is 17.5. The summed E-state index contributed by atoms with van der Waals surface area (Å²) in [5.41, 5.74) is 1.26. The number of thiocarbonyl (C=S) groups is 1. The number of ether oxygens (including phenoxy) is 1. The molecule has 1 aliphatic carbocycles. The maximum absolute atomic E-state index is 12.0. The third-order valence-electron chi connectivity index (χ3n) is 4.40. The Balaban J connectivity index is 2.21. The third-order valence-corrected chi connectivity index (χ3v) is 5.88. The smallest absolute Gasteiger partial charge is 0.220 e. The molecule has 1 aliphatic rings. The van der Waals surface area contributed by atoms with Crippen LogP contribution in [0.15, 0.2) is 30.3 Å². The van der Waals surface area contributed by atoms with Crippen molar-refractivity contribution >= 4 is 34.1 Å². The first-order valence-corrected chi connectivity index (χ1v) is 9.09. The summed E-state index contributed by atoms with van der Waals surface area (Å²) < 4.78 is 6.02. The Labute approximate surface area is 143 Å². The van der Waals surface area contributed by atoms with E-state index in [1.165, 1.54) is 5.56 Å². The topological polar surface area (TPSA) is 26.3 Å². The van der Waals surface area contributed by atoms with E-state index in [0.29, 0.717) is 35.5 Å². The van der Waals surface area contributed by atoms with Gasteiger partial charge in [-0.25, -0.2) is 0 Å². The lowest BCUT2D eigenvalue weighted by Gasteiger charge is -2.41. The molecule has 0 aromatic heterocycles. The van der Waals surface area contributed by atoms with Gasteiger partial charge >= 0.3 is 0 Å². The molecule has 2 rings (SSSR count). The van der Waals surface area contributed by atoms with Crippen LogP contribution >= 0.6 is 24.0 Å². The van der Waals surface area contributed by atoms with Crippen molar-refractivity contribution in [1.29, 1.82) is 0 Å². The average molecular weight is 337 g/mol. The molecule has 0 spiro atoms. The minimum Gasteiger partial charge on any atom is -0.479 e. The van der Waals surface area contributed by atoms with Crippen LogP contribution in [0.4, 0.5) is 0 Å². The van der Waals surface area contributed by atoms with Crippen molar-refractivity contribution in [1.82, 2.24) is 0 Å². The van der Waals surface area contributed by atoms with Gasteiger partial charge in [0.2, 0.25) is 4.38 Å². The zero-order chi connectivity index (χ0) is 16.2. The average Bonchev–Trinajstić information content (AvgIpc) is 2.47. The molecule has 22 heavy (non-hydrogen) atoms. The molecule has 0 bridgehead atoms. The van der Waals surface area contributed by atoms with E-state index in [1.807, 2.05) is 13.0 Å². The quantitative estimate of drug-likeness (QED) is 0.725. The molecule has 1 aromatic rings. The van der Waals surface area contributed by atoms with Crippen LogP contribution in [0.3, 0.4) is 0 Å². The minimum absolute atomic E-state index is 0.0482. The SMILES string of the molecule is CCOC(=S)SC(C)(C)[C@@H]1CCC(=O)C[C@@H]1c1ccccc1. The van der Waals surface area contributed by atoms with Crippen molar-refractivity contribution in [3.05, 3.63) is 35.9 Å². The van der Waals surface area contributed by atoms with Gasteiger partial charge < -0.3 is 4.74 Å². The maximum Gasteiger partial charge on any atom is 0.220 e. The zero-order valence-corrected chi connectivity index (χ0v) is 15.1. The standard InChI is InChI=1S/C18H24O2S2/c1-4-20-17(21)22-18(2,3)16-11-10-14(19)12-15(16)13-8-6-5-7-9-13/h5-9,15-16H,4,10-12H2,1-3H3/t15-,16-/m1/s1. The monoisotopic (exact) mass is 336 g/mol. The molecule has 120 valence electrons. The second kappa shape index (κ2) is 7.60. The van der Waals surface area contributed by atoms with Crippen LogP contribution in [-0.2, 0) is 9.53 Å². The minimum atomic E-state index is -0.0482. The van der Waals surface area contributed by atoms with Crippen molar-refractivity contribution in [2.45, 2.75) is 50.7 Å². The second-order valence-electron chi connectivity index (χ2n) is 6.29. The van der Waals surface area contributed by atoms with Gasteiger partial charge in [0.25, 0.3) is 0 Å². The van der Waals surface area contributed by atoms with Gasteiger partial charge in [0.15, 0.2) is 0 Å². The predicted molar refractivity (Wildman–Crippen MR) is 97.4 cm³/mol. The van der Waals surface area contributed by atoms with Crippen LogP contribution in [-0.4, -0.2) is 21.5 Å². The summed E-state index contributed by atoms with van der Waals surface area (Å²) >= 11 is 6.95. The molecule has 0 N–H and O–H groups in total. The number of thioether (sulfide) groups is 1. The number of hydrogen-bond donors (Lipinski definition) is 0. The Morgan fingerprint density at radius 2 is 2.05 bits per heavy atom. The first-order valence-electron chi connectivity index (χ1n) is 7.86. The summed E-state index contributed by atoms with van der Waals surface area (Å²) in [6.45, 7) is 7.00. The summed E-state index contributed by atoms with van der Waals surface area (Å²) in [6.07, 6.45) is 2.24. The van der Waals surface area contributed by atoms with Crippen LogP contribution in [0.5, 0.6) is 0 Å². The highest BCUT2D eigenvalue weighted by atomic mass is 32.2. The predicted octanol–water partition coefficient (Wildman–Crippen LogP) is 4.97. The number of Topliss-reactive ketones (excluding diaryl/α,β-unsaturated/α-hetero) is 1. The van der Waals surface area contributed by atoms with E-state index in [2.05, 4.69) is 38.1 Å². The molecule has 0 unspecified atom stereocenters. The Morgan fingerprint density at radius 1 is 1.36 bits per heavy atom. The highest BCUT2D eigenvalue weighted by Gasteiger charge is 2.41. The molecule has 1 saturated carbocycles. The zero-order valence-electron chi connectivity index (χ0n) is 13.5. The number of carbonyl (C=O) groups excluding carboxylic acids is 1. The molecule has 0 heterocycles. The number of rotatable bonds is 4. The van der Waals surface area contributed by atoms with E-state index >= 15 is 0 Å². The molecule has 0 saturated heterocycles. The molecule has 0 amide bonds. The van der Waals surface area contributed by atoms with Crippen molar-refractivity contribution in [2.75, 3.05) is 6.61 Å². The molecule has 4 heteroatoms. The van der Waals surface area contributed by atoms with Gasteiger partial charge in [-0.15, -0.1) is 0 Å². The van der Waals surface area contributed by atoms with E-state index in [4.69, 9.17) is 17.0 Å². The molecule has 0 aliphatic heterocycles. The van der Waals surface area contributed by atoms with Crippen LogP contribution < -0.4 is 0 Å². The second-order valence-corrected chi connectivity index (χ2v) is 8.55. The maximum atomic E-state index is 12.0. The van der Waals surface area contributed by atoms with Crippen molar-refractivity contribution in [3.8, 4) is 0 Å². The van der Waals surface area contributed by atoms with Crippen LogP contribution in [0, 0.1) is 5.92 Å². The molecule has 1 aromatic carbocycles. The molecule has 1 fully saturated rings. The van der Waals surface area contributed by atoms with E-state index in [9.17, 15) is 4.79 Å². The molecular weight excluding hydrogens is 312 g/mol. The normalized spacial score (nSPS) is 22.4. The van der Waals surface area contributed by atoms with Gasteiger partial charge in [-0.2, -0.15) is 0 Å². The lowest BCUT2D eigenvalue weighted by molar-refractivity contribution is -0.121. The van der Waals surface area contributed by atoms with Crippen molar-refractivity contribution in [3.63, 3.8) is 0 Å². The van der Waals surface area contributed by atoms with E-state index in [1.54, 1.807) is 11.8 Å². The van der Waals surface area contributed by atoms with E-state index in [-0.39, 0.29) is 10.7 Å². The number of benzene rings is 1. The van der Waals surface area contributed by atoms with Gasteiger partial charge in [0.05, 0.1) is 6.61 Å². The largest absolute Gasteiger partial charge is 0.479 e. The van der Waals surface area contributed by atoms with Crippen molar-refractivity contribution < 1.29 is 9.53 Å². The van der Waals surface area contributed by atoms with Crippen LogP contribution in [0.2, 0.25) is 0 Å². The van der Waals surface area contributed by atoms with E-state index < -0.39 is 0 Å². The third kappa shape index (κ3) is 4.32. The summed E-state index contributed by atoms with van der Waals surface area (Å²) in [6, 6.07) is 10.4. The first-order chi connectivity index (χ1) is 10.4. The fraction of sp³-hybridized carbons (Fsp3) is 0.556. The van der Waals surface area contributed by atoms with Crippen LogP contribution in [0.1, 0.15) is 51.5 Å². The highest BCUT2D eigenvalue weighted by molar-refractivity contribution is 8.23. The summed E-state index contributed by atoms with van der Waals surface area (Å²) in [5, 5.41) is 0. The Morgan fingerprint density at radius 3 is 2.68 bits per heavy atom. The highest BCUT2D eigenvalue weighted by Crippen LogP contribution is 2.48. The molecule has 0 radical (unpaired) electrons. The Kier molecular flexibility index (Phi) is 6.04. The summed E-state index contributed by atoms with van der Waals surface area (Å²) in [4.78, 5) is 12.0. The molecular formula is C18H24O2S2. The fourth-order valence-electron chi connectivity index (χ4n) is 3.33. The van der Waals surface area contributed by atoms with Crippen molar-refractivity contribution in [2.24, 2.45) is 5.92 Å². The van der Waals surface area contributed by atoms with Gasteiger partial charge in [0.1, 0.15) is 5.78 Å². The fourth-order valence-corrected chi connectivity index (χ4v) is 5.13. The van der Waals surface area contributed by atoms with E-state index in [0.717, 1.165) is 6.42 Å². The van der Waals surface area contributed by atoms with Gasteiger partial charge in [-0.1, -0.05) is 42.1 Å². The number of ketones is 1. The van der Waals surface area contributed by atoms with Gasteiger partial charge in [-0.05, 0) is 56.8 Å². The van der Waals surface area contributed by atoms with Gasteiger partial charge in [0, 0.05) is 17.6 Å². The Bertz CT molecular complexity index is 525.